The first-order valence-electron chi connectivity index (χ1n) is 6.88. The first-order chi connectivity index (χ1) is 9.97. The van der Waals surface area contributed by atoms with E-state index in [-0.39, 0.29) is 11.4 Å². The maximum atomic E-state index is 11.4. The average Bonchev–Trinajstić information content (AvgIpc) is 2.49. The van der Waals surface area contributed by atoms with E-state index in [9.17, 15) is 4.79 Å². The van der Waals surface area contributed by atoms with Crippen molar-refractivity contribution in [2.75, 3.05) is 27.2 Å². The number of esters is 1. The van der Waals surface area contributed by atoms with Gasteiger partial charge >= 0.3 is 5.97 Å². The highest BCUT2D eigenvalue weighted by molar-refractivity contribution is 6.42. The summed E-state index contributed by atoms with van der Waals surface area (Å²) in [7, 11) is 3.48. The molecule has 21 heavy (non-hydrogen) atoms. The van der Waals surface area contributed by atoms with E-state index in [1.807, 2.05) is 24.3 Å². The van der Waals surface area contributed by atoms with E-state index in [0.717, 1.165) is 31.5 Å². The summed E-state index contributed by atoms with van der Waals surface area (Å²) in [5, 5.41) is 1.08. The molecule has 1 aromatic carbocycles. The normalized spacial score (nSPS) is 18.9. The fourth-order valence-corrected chi connectivity index (χ4v) is 2.97. The predicted octanol–water partition coefficient (Wildman–Crippen LogP) is 3.69. The largest absolute Gasteiger partial charge is 0.466 e. The Hall–Kier alpha value is -1.03. The molecule has 1 aliphatic rings. The zero-order valence-electron chi connectivity index (χ0n) is 12.2. The number of hydrogen-bond acceptors (Lipinski definition) is 3. The van der Waals surface area contributed by atoms with Gasteiger partial charge in [0.15, 0.2) is 0 Å². The number of benzene rings is 1. The van der Waals surface area contributed by atoms with Crippen LogP contribution in [0.5, 0.6) is 0 Å². The minimum atomic E-state index is -0.339. The molecule has 0 spiro atoms. The third-order valence-electron chi connectivity index (χ3n) is 4.11. The highest BCUT2D eigenvalue weighted by Gasteiger charge is 2.33. The van der Waals surface area contributed by atoms with Gasteiger partial charge in [0.2, 0.25) is 0 Å². The molecule has 1 saturated heterocycles. The van der Waals surface area contributed by atoms with Crippen LogP contribution in [0, 0.1) is 0 Å². The third-order valence-corrected chi connectivity index (χ3v) is 4.85. The zero-order valence-corrected chi connectivity index (χ0v) is 13.7. The van der Waals surface area contributed by atoms with Crippen molar-refractivity contribution >= 4 is 29.2 Å². The maximum Gasteiger partial charge on any atom is 0.330 e. The molecule has 3 nitrogen and oxygen atoms in total. The Bertz CT molecular complexity index is 549. The van der Waals surface area contributed by atoms with Gasteiger partial charge in [0.1, 0.15) is 0 Å². The standard InChI is InChI=1S/C16H19Cl2NO2/c1-19-9-7-16(8-10-19,6-5-15(20)21-2)12-3-4-13(17)14(18)11-12/h3-6,11H,7-10H2,1-2H3/b6-5+. The van der Waals surface area contributed by atoms with Crippen LogP contribution in [0.15, 0.2) is 30.4 Å². The van der Waals surface area contributed by atoms with Crippen LogP contribution in [-0.2, 0) is 14.9 Å². The summed E-state index contributed by atoms with van der Waals surface area (Å²) in [4.78, 5) is 13.7. The van der Waals surface area contributed by atoms with Crippen LogP contribution in [0.25, 0.3) is 0 Å². The Morgan fingerprint density at radius 3 is 2.52 bits per heavy atom. The van der Waals surface area contributed by atoms with Crippen molar-refractivity contribution in [2.24, 2.45) is 0 Å². The second kappa shape index (κ2) is 6.82. The van der Waals surface area contributed by atoms with E-state index in [2.05, 4.69) is 11.9 Å². The topological polar surface area (TPSA) is 29.5 Å². The van der Waals surface area contributed by atoms with Gasteiger partial charge in [-0.3, -0.25) is 0 Å². The number of ether oxygens (including phenoxy) is 1. The number of carbonyl (C=O) groups is 1. The highest BCUT2D eigenvalue weighted by Crippen LogP contribution is 2.39. The van der Waals surface area contributed by atoms with Gasteiger partial charge in [-0.1, -0.05) is 35.3 Å². The molecule has 0 unspecified atom stereocenters. The number of piperidine rings is 1. The molecule has 1 fully saturated rings. The van der Waals surface area contributed by atoms with Crippen molar-refractivity contribution in [1.82, 2.24) is 4.90 Å². The predicted molar refractivity (Wildman–Crippen MR) is 86.0 cm³/mol. The molecule has 0 radical (unpaired) electrons. The fraction of sp³-hybridized carbons (Fsp3) is 0.438. The second-order valence-electron chi connectivity index (χ2n) is 5.44. The van der Waals surface area contributed by atoms with Gasteiger partial charge in [-0.15, -0.1) is 0 Å². The number of halogens is 2. The van der Waals surface area contributed by atoms with Crippen LogP contribution < -0.4 is 0 Å². The van der Waals surface area contributed by atoms with Crippen LogP contribution in [0.3, 0.4) is 0 Å². The van der Waals surface area contributed by atoms with Crippen molar-refractivity contribution in [3.63, 3.8) is 0 Å². The summed E-state index contributed by atoms with van der Waals surface area (Å²) in [5.41, 5.74) is 0.889. The SMILES string of the molecule is COC(=O)/C=C/C1(c2ccc(Cl)c(Cl)c2)CCN(C)CC1. The summed E-state index contributed by atoms with van der Waals surface area (Å²) >= 11 is 12.2. The van der Waals surface area contributed by atoms with Gasteiger partial charge in [0.25, 0.3) is 0 Å². The summed E-state index contributed by atoms with van der Waals surface area (Å²) in [6.07, 6.45) is 5.31. The molecule has 0 bridgehead atoms. The summed E-state index contributed by atoms with van der Waals surface area (Å²) in [6.45, 7) is 1.93. The minimum Gasteiger partial charge on any atom is -0.466 e. The quantitative estimate of drug-likeness (QED) is 0.626. The number of rotatable bonds is 3. The van der Waals surface area contributed by atoms with Gasteiger partial charge in [0.05, 0.1) is 17.2 Å². The monoisotopic (exact) mass is 327 g/mol. The molecule has 1 heterocycles. The molecule has 0 saturated carbocycles. The number of nitrogens with zero attached hydrogens (tertiary/aromatic N) is 1. The molecule has 0 amide bonds. The lowest BCUT2D eigenvalue weighted by Gasteiger charge is -2.39. The van der Waals surface area contributed by atoms with Crippen LogP contribution in [0.2, 0.25) is 10.0 Å². The number of carbonyl (C=O) groups excluding carboxylic acids is 1. The molecule has 0 atom stereocenters. The molecule has 0 aromatic heterocycles. The molecular formula is C16H19Cl2NO2. The average molecular weight is 328 g/mol. The number of hydrogen-bond donors (Lipinski definition) is 0. The van der Waals surface area contributed by atoms with E-state index in [1.54, 1.807) is 0 Å². The number of allylic oxidation sites excluding steroid dienone is 1. The lowest BCUT2D eigenvalue weighted by Crippen LogP contribution is -2.39. The Morgan fingerprint density at radius 1 is 1.29 bits per heavy atom. The third kappa shape index (κ3) is 3.79. The first-order valence-corrected chi connectivity index (χ1v) is 7.64. The van der Waals surface area contributed by atoms with Gasteiger partial charge < -0.3 is 9.64 Å². The van der Waals surface area contributed by atoms with E-state index >= 15 is 0 Å². The summed E-state index contributed by atoms with van der Waals surface area (Å²) in [5.74, 6) is -0.339. The first kappa shape index (κ1) is 16.3. The summed E-state index contributed by atoms with van der Waals surface area (Å²) in [6, 6.07) is 5.70. The van der Waals surface area contributed by atoms with Gasteiger partial charge in [-0.05, 0) is 50.7 Å². The van der Waals surface area contributed by atoms with Crippen LogP contribution in [-0.4, -0.2) is 38.1 Å². The lowest BCUT2D eigenvalue weighted by molar-refractivity contribution is -0.134. The van der Waals surface area contributed by atoms with Gasteiger partial charge in [-0.2, -0.15) is 0 Å². The highest BCUT2D eigenvalue weighted by atomic mass is 35.5. The minimum absolute atomic E-state index is 0.199. The Balaban J connectivity index is 2.37. The molecule has 0 N–H and O–H groups in total. The van der Waals surface area contributed by atoms with Crippen molar-refractivity contribution in [1.29, 1.82) is 0 Å². The molecule has 0 aliphatic carbocycles. The molecule has 5 heteroatoms. The van der Waals surface area contributed by atoms with Gasteiger partial charge in [-0.25, -0.2) is 4.79 Å². The Morgan fingerprint density at radius 2 is 1.95 bits per heavy atom. The van der Waals surface area contributed by atoms with Crippen molar-refractivity contribution in [2.45, 2.75) is 18.3 Å². The summed E-state index contributed by atoms with van der Waals surface area (Å²) < 4.78 is 4.70. The van der Waals surface area contributed by atoms with Crippen LogP contribution in [0.1, 0.15) is 18.4 Å². The van der Waals surface area contributed by atoms with Crippen molar-refractivity contribution in [3.05, 3.63) is 46.0 Å². The molecule has 1 aliphatic heterocycles. The van der Waals surface area contributed by atoms with E-state index in [4.69, 9.17) is 27.9 Å². The fourth-order valence-electron chi connectivity index (χ4n) is 2.67. The Labute approximate surface area is 135 Å². The molecule has 114 valence electrons. The van der Waals surface area contributed by atoms with Crippen LogP contribution in [0.4, 0.5) is 0 Å². The smallest absolute Gasteiger partial charge is 0.330 e. The van der Waals surface area contributed by atoms with Gasteiger partial charge in [0, 0.05) is 11.5 Å². The van der Waals surface area contributed by atoms with E-state index < -0.39 is 0 Å². The van der Waals surface area contributed by atoms with Crippen molar-refractivity contribution < 1.29 is 9.53 Å². The maximum absolute atomic E-state index is 11.4. The van der Waals surface area contributed by atoms with E-state index in [1.165, 1.54) is 13.2 Å². The molecule has 1 aromatic rings. The van der Waals surface area contributed by atoms with Crippen molar-refractivity contribution in [3.8, 4) is 0 Å². The number of methoxy groups -OCH3 is 1. The van der Waals surface area contributed by atoms with E-state index in [0.29, 0.717) is 10.0 Å². The van der Waals surface area contributed by atoms with Crippen LogP contribution >= 0.6 is 23.2 Å². The zero-order chi connectivity index (χ0) is 15.5. The molecular weight excluding hydrogens is 309 g/mol. The molecule has 2 rings (SSSR count). The second-order valence-corrected chi connectivity index (χ2v) is 6.26. The lowest BCUT2D eigenvalue weighted by atomic mass is 9.72. The number of likely N-dealkylation sites (tertiary alicyclic amines) is 1. The Kier molecular flexibility index (Phi) is 5.31.